The van der Waals surface area contributed by atoms with E-state index in [-0.39, 0.29) is 5.92 Å². The van der Waals surface area contributed by atoms with Crippen molar-refractivity contribution < 1.29 is 14.6 Å². The van der Waals surface area contributed by atoms with Crippen LogP contribution in [0, 0.1) is 5.92 Å². The van der Waals surface area contributed by atoms with Gasteiger partial charge in [0.05, 0.1) is 13.2 Å². The molecule has 0 saturated carbocycles. The summed E-state index contributed by atoms with van der Waals surface area (Å²) in [6.07, 6.45) is 1.10. The summed E-state index contributed by atoms with van der Waals surface area (Å²) in [4.78, 5) is 15.5. The number of anilines is 1. The first-order valence-electron chi connectivity index (χ1n) is 5.51. The predicted octanol–water partition coefficient (Wildman–Crippen LogP) is 1.30. The second-order valence-corrected chi connectivity index (χ2v) is 4.08. The molecule has 94 valence electrons. The molecule has 1 rings (SSSR count). The van der Waals surface area contributed by atoms with E-state index >= 15 is 0 Å². The molecule has 1 aromatic heterocycles. The highest BCUT2D eigenvalue weighted by Gasteiger charge is 2.14. The highest BCUT2D eigenvalue weighted by Crippen LogP contribution is 2.13. The van der Waals surface area contributed by atoms with Gasteiger partial charge in [-0.1, -0.05) is 13.8 Å². The van der Waals surface area contributed by atoms with Crippen LogP contribution in [0.1, 0.15) is 24.2 Å². The van der Waals surface area contributed by atoms with Gasteiger partial charge in [-0.25, -0.2) is 9.78 Å². The third kappa shape index (κ3) is 3.71. The number of aliphatic hydroxyl groups excluding tert-OH is 1. The number of pyridine rings is 1. The molecule has 17 heavy (non-hydrogen) atoms. The quantitative estimate of drug-likeness (QED) is 0.756. The number of hydrogen-bond donors (Lipinski definition) is 2. The number of carbonyl (C=O) groups excluding carboxylic acids is 1. The number of methoxy groups -OCH3 is 1. The first-order valence-corrected chi connectivity index (χ1v) is 5.51. The number of aromatic nitrogens is 1. The smallest absolute Gasteiger partial charge is 0.341 e. The Bertz CT molecular complexity index is 380. The maximum atomic E-state index is 11.4. The predicted molar refractivity (Wildman–Crippen MR) is 64.9 cm³/mol. The lowest BCUT2D eigenvalue weighted by Gasteiger charge is -2.16. The third-order valence-corrected chi connectivity index (χ3v) is 2.46. The fourth-order valence-electron chi connectivity index (χ4n) is 1.26. The molecule has 0 aromatic carbocycles. The van der Waals surface area contributed by atoms with Gasteiger partial charge in [0.15, 0.2) is 0 Å². The summed E-state index contributed by atoms with van der Waals surface area (Å²) in [6.45, 7) is 4.19. The van der Waals surface area contributed by atoms with Gasteiger partial charge in [-0.3, -0.25) is 0 Å². The Morgan fingerprint density at radius 3 is 2.88 bits per heavy atom. The average molecular weight is 238 g/mol. The van der Waals surface area contributed by atoms with Crippen molar-refractivity contribution in [2.75, 3.05) is 19.0 Å². The van der Waals surface area contributed by atoms with Gasteiger partial charge in [-0.15, -0.1) is 0 Å². The van der Waals surface area contributed by atoms with Gasteiger partial charge >= 0.3 is 5.97 Å². The number of nitrogens with one attached hydrogen (secondary N) is 1. The highest BCUT2D eigenvalue weighted by atomic mass is 16.5. The summed E-state index contributed by atoms with van der Waals surface area (Å²) < 4.78 is 4.65. The monoisotopic (exact) mass is 238 g/mol. The van der Waals surface area contributed by atoms with Crippen LogP contribution in [0.3, 0.4) is 0 Å². The lowest BCUT2D eigenvalue weighted by atomic mass is 10.1. The Labute approximate surface area is 101 Å². The largest absolute Gasteiger partial charge is 0.465 e. The minimum Gasteiger partial charge on any atom is -0.465 e. The zero-order chi connectivity index (χ0) is 12.8. The van der Waals surface area contributed by atoms with E-state index in [0.717, 1.165) is 0 Å². The van der Waals surface area contributed by atoms with E-state index < -0.39 is 12.1 Å². The molecule has 0 fully saturated rings. The van der Waals surface area contributed by atoms with E-state index in [9.17, 15) is 9.90 Å². The maximum Gasteiger partial charge on any atom is 0.341 e. The molecular weight excluding hydrogens is 220 g/mol. The van der Waals surface area contributed by atoms with Crippen LogP contribution in [0.4, 0.5) is 5.82 Å². The van der Waals surface area contributed by atoms with Crippen molar-refractivity contribution in [3.63, 3.8) is 0 Å². The molecule has 0 bridgehead atoms. The molecule has 0 aliphatic heterocycles. The van der Waals surface area contributed by atoms with Crippen LogP contribution >= 0.6 is 0 Å². The minimum atomic E-state index is -0.484. The molecule has 1 atom stereocenters. The minimum absolute atomic E-state index is 0.146. The van der Waals surface area contributed by atoms with Gasteiger partial charge in [0.2, 0.25) is 0 Å². The zero-order valence-corrected chi connectivity index (χ0v) is 10.3. The van der Waals surface area contributed by atoms with Crippen LogP contribution in [-0.4, -0.2) is 35.8 Å². The fourth-order valence-corrected chi connectivity index (χ4v) is 1.26. The topological polar surface area (TPSA) is 71.5 Å². The molecule has 0 aliphatic rings. The van der Waals surface area contributed by atoms with E-state index in [0.29, 0.717) is 17.9 Å². The molecule has 0 aliphatic carbocycles. The van der Waals surface area contributed by atoms with Gasteiger partial charge in [-0.05, 0) is 18.1 Å². The Hall–Kier alpha value is -1.62. The number of esters is 1. The lowest BCUT2D eigenvalue weighted by molar-refractivity contribution is 0.0601. The summed E-state index contributed by atoms with van der Waals surface area (Å²) >= 11 is 0. The molecule has 0 radical (unpaired) electrons. The Balaban J connectivity index is 2.74. The zero-order valence-electron chi connectivity index (χ0n) is 10.3. The second-order valence-electron chi connectivity index (χ2n) is 4.08. The summed E-state index contributed by atoms with van der Waals surface area (Å²) in [5.74, 6) is 0.131. The molecule has 5 nitrogen and oxygen atoms in total. The van der Waals surface area contributed by atoms with E-state index in [4.69, 9.17) is 0 Å². The van der Waals surface area contributed by atoms with Crippen LogP contribution in [-0.2, 0) is 4.74 Å². The van der Waals surface area contributed by atoms with Crippen LogP contribution in [0.2, 0.25) is 0 Å². The maximum absolute atomic E-state index is 11.4. The Morgan fingerprint density at radius 2 is 2.29 bits per heavy atom. The van der Waals surface area contributed by atoms with Crippen LogP contribution < -0.4 is 5.32 Å². The van der Waals surface area contributed by atoms with Crippen molar-refractivity contribution in [1.82, 2.24) is 4.98 Å². The lowest BCUT2D eigenvalue weighted by Crippen LogP contribution is -2.25. The number of rotatable bonds is 5. The first kappa shape index (κ1) is 13.4. The van der Waals surface area contributed by atoms with E-state index in [2.05, 4.69) is 15.0 Å². The van der Waals surface area contributed by atoms with Crippen LogP contribution in [0.15, 0.2) is 18.3 Å². The third-order valence-electron chi connectivity index (χ3n) is 2.46. The molecule has 1 unspecified atom stereocenters. The number of aliphatic hydroxyl groups is 1. The van der Waals surface area contributed by atoms with Gasteiger partial charge < -0.3 is 15.2 Å². The van der Waals surface area contributed by atoms with Gasteiger partial charge in [-0.2, -0.15) is 0 Å². The SMILES string of the molecule is COC(=O)c1cccnc1NCC(O)C(C)C. The van der Waals surface area contributed by atoms with Gasteiger partial charge in [0.25, 0.3) is 0 Å². The van der Waals surface area contributed by atoms with Crippen molar-refractivity contribution in [2.45, 2.75) is 20.0 Å². The summed E-state index contributed by atoms with van der Waals surface area (Å²) in [5, 5.41) is 12.6. The summed E-state index contributed by atoms with van der Waals surface area (Å²) in [7, 11) is 1.32. The molecule has 1 aromatic rings. The molecule has 2 N–H and O–H groups in total. The number of nitrogens with zero attached hydrogens (tertiary/aromatic N) is 1. The Kier molecular flexibility index (Phi) is 4.90. The van der Waals surface area contributed by atoms with Crippen molar-refractivity contribution in [3.8, 4) is 0 Å². The molecule has 0 saturated heterocycles. The summed E-state index contributed by atoms with van der Waals surface area (Å²) in [5.41, 5.74) is 0.367. The van der Waals surface area contributed by atoms with Crippen molar-refractivity contribution in [3.05, 3.63) is 23.9 Å². The molecule has 5 heteroatoms. The fraction of sp³-hybridized carbons (Fsp3) is 0.500. The average Bonchev–Trinajstić information content (AvgIpc) is 2.35. The van der Waals surface area contributed by atoms with Gasteiger partial charge in [0.1, 0.15) is 11.4 Å². The molecule has 0 amide bonds. The van der Waals surface area contributed by atoms with Crippen molar-refractivity contribution >= 4 is 11.8 Å². The first-order chi connectivity index (χ1) is 8.06. The normalized spacial score (nSPS) is 12.3. The molecule has 0 spiro atoms. The second kappa shape index (κ2) is 6.20. The van der Waals surface area contributed by atoms with E-state index in [1.54, 1.807) is 18.3 Å². The molecule has 1 heterocycles. The molecular formula is C12H18N2O3. The Morgan fingerprint density at radius 1 is 1.59 bits per heavy atom. The number of hydrogen-bond acceptors (Lipinski definition) is 5. The van der Waals surface area contributed by atoms with Crippen LogP contribution in [0.25, 0.3) is 0 Å². The van der Waals surface area contributed by atoms with Crippen molar-refractivity contribution in [2.24, 2.45) is 5.92 Å². The van der Waals surface area contributed by atoms with E-state index in [1.165, 1.54) is 7.11 Å². The van der Waals surface area contributed by atoms with Crippen LogP contribution in [0.5, 0.6) is 0 Å². The summed E-state index contributed by atoms with van der Waals surface area (Å²) in [6, 6.07) is 3.29. The number of carbonyl (C=O) groups is 1. The standard InChI is InChI=1S/C12H18N2O3/c1-8(2)10(15)7-14-11-9(12(16)17-3)5-4-6-13-11/h4-6,8,10,15H,7H2,1-3H3,(H,13,14). The van der Waals surface area contributed by atoms with Gasteiger partial charge in [0, 0.05) is 12.7 Å². The highest BCUT2D eigenvalue weighted by molar-refractivity contribution is 5.94. The van der Waals surface area contributed by atoms with E-state index in [1.807, 2.05) is 13.8 Å². The number of ether oxygens (including phenoxy) is 1. The van der Waals surface area contributed by atoms with Crippen molar-refractivity contribution in [1.29, 1.82) is 0 Å².